The van der Waals surface area contributed by atoms with Crippen LogP contribution in [-0.2, 0) is 19.1 Å². The molecule has 0 aromatic heterocycles. The number of hydrogen-bond donors (Lipinski definition) is 1. The number of anilines is 1. The van der Waals surface area contributed by atoms with Crippen LogP contribution in [-0.4, -0.2) is 100 Å². The number of amides is 1. The van der Waals surface area contributed by atoms with Crippen LogP contribution in [0.4, 0.5) is 5.69 Å². The first-order chi connectivity index (χ1) is 20.6. The normalized spacial score (nSPS) is 15.9. The third-order valence-corrected chi connectivity index (χ3v) is 7.40. The van der Waals surface area contributed by atoms with E-state index in [0.29, 0.717) is 25.0 Å². The molecule has 0 saturated carbocycles. The van der Waals surface area contributed by atoms with E-state index in [1.165, 1.54) is 0 Å². The number of benzene rings is 1. The third-order valence-electron chi connectivity index (χ3n) is 7.40. The Bertz CT molecular complexity index is 914. The number of ether oxygens (including phenoxy) is 2. The lowest BCUT2D eigenvalue weighted by molar-refractivity contribution is -0.156. The molecule has 3 rings (SSSR count). The van der Waals surface area contributed by atoms with Crippen molar-refractivity contribution in [3.8, 4) is 5.75 Å². The van der Waals surface area contributed by atoms with Crippen molar-refractivity contribution in [2.75, 3.05) is 58.4 Å². The van der Waals surface area contributed by atoms with E-state index in [1.54, 1.807) is 7.11 Å². The van der Waals surface area contributed by atoms with Gasteiger partial charge in [-0.3, -0.25) is 9.59 Å². The first-order valence-corrected chi connectivity index (χ1v) is 15.6. The molecule has 0 spiro atoms. The standard InChI is InChI=1S/C29H48N4O4.C2H6.2CH2O/c1-7-14-33(21-30-5)25-20-23(8-9-26(25)36-6)28(35)32-17-12-24(13-18-32)31-15-10-22(11-16-31)19-27(34)37-29(2,3)4;3*1-2/h8-9,20,22,24,30H,7,10-19,21H2,1-6H3;1-2H3;2*1H2. The summed E-state index contributed by atoms with van der Waals surface area (Å²) >= 11 is 0. The van der Waals surface area contributed by atoms with Crippen LogP contribution in [0.15, 0.2) is 18.2 Å². The Morgan fingerprint density at radius 2 is 1.58 bits per heavy atom. The number of methoxy groups -OCH3 is 1. The van der Waals surface area contributed by atoms with Crippen LogP contribution in [0.1, 0.15) is 90.4 Å². The van der Waals surface area contributed by atoms with E-state index < -0.39 is 5.60 Å². The Hall–Kier alpha value is -2.98. The lowest BCUT2D eigenvalue weighted by atomic mass is 9.91. The van der Waals surface area contributed by atoms with Crippen molar-refractivity contribution >= 4 is 31.1 Å². The number of piperidine rings is 2. The number of nitrogens with zero attached hydrogens (tertiary/aromatic N) is 3. The van der Waals surface area contributed by atoms with E-state index in [1.807, 2.05) is 78.3 Å². The summed E-state index contributed by atoms with van der Waals surface area (Å²) < 4.78 is 11.1. The highest BCUT2D eigenvalue weighted by Gasteiger charge is 2.31. The van der Waals surface area contributed by atoms with E-state index in [-0.39, 0.29) is 11.9 Å². The number of nitrogens with one attached hydrogen (secondary N) is 1. The molecule has 2 fully saturated rings. The van der Waals surface area contributed by atoms with Crippen LogP contribution in [0, 0.1) is 5.92 Å². The minimum absolute atomic E-state index is 0.0803. The fraction of sp³-hybridized carbons (Fsp3) is 0.697. The Balaban J connectivity index is 0.00000276. The second kappa shape index (κ2) is 21.7. The summed E-state index contributed by atoms with van der Waals surface area (Å²) in [4.78, 5) is 48.4. The summed E-state index contributed by atoms with van der Waals surface area (Å²) in [7, 11) is 3.60. The monoisotopic (exact) mass is 606 g/mol. The molecule has 2 saturated heterocycles. The van der Waals surface area contributed by atoms with E-state index >= 15 is 0 Å². The van der Waals surface area contributed by atoms with Gasteiger partial charge in [0.2, 0.25) is 0 Å². The average Bonchev–Trinajstić information content (AvgIpc) is 3.03. The lowest BCUT2D eigenvalue weighted by Gasteiger charge is -2.41. The third kappa shape index (κ3) is 13.5. The Morgan fingerprint density at radius 1 is 1.00 bits per heavy atom. The molecule has 2 aliphatic rings. The lowest BCUT2D eigenvalue weighted by Crippen LogP contribution is -2.49. The van der Waals surface area contributed by atoms with Gasteiger partial charge in [0.1, 0.15) is 24.9 Å². The van der Waals surface area contributed by atoms with Crippen molar-refractivity contribution in [3.05, 3.63) is 23.8 Å². The molecule has 10 heteroatoms. The maximum Gasteiger partial charge on any atom is 0.306 e. The second-order valence-corrected chi connectivity index (χ2v) is 11.5. The summed E-state index contributed by atoms with van der Waals surface area (Å²) in [6.07, 6.45) is 5.59. The number of likely N-dealkylation sites (tertiary alicyclic amines) is 2. The number of hydrogen-bond acceptors (Lipinski definition) is 9. The van der Waals surface area contributed by atoms with Gasteiger partial charge in [-0.25, -0.2) is 0 Å². The average molecular weight is 607 g/mol. The molecule has 1 aromatic carbocycles. The van der Waals surface area contributed by atoms with Gasteiger partial charge in [-0.05, 0) is 97.1 Å². The first kappa shape index (κ1) is 40.0. The van der Waals surface area contributed by atoms with Gasteiger partial charge < -0.3 is 39.1 Å². The molecule has 1 N–H and O–H groups in total. The minimum Gasteiger partial charge on any atom is -0.495 e. The summed E-state index contributed by atoms with van der Waals surface area (Å²) in [5.74, 6) is 1.21. The van der Waals surface area contributed by atoms with E-state index in [2.05, 4.69) is 22.0 Å². The SMILES string of the molecule is C=O.C=O.CC.CCCN(CNC)c1cc(C(=O)N2CCC(N3CCC(CC(=O)OC(C)(C)C)CC3)CC2)ccc1OC. The van der Waals surface area contributed by atoms with Gasteiger partial charge in [-0.1, -0.05) is 20.8 Å². The van der Waals surface area contributed by atoms with E-state index in [0.717, 1.165) is 81.8 Å². The molecule has 246 valence electrons. The molecule has 10 nitrogen and oxygen atoms in total. The molecule has 1 aromatic rings. The van der Waals surface area contributed by atoms with Crippen LogP contribution in [0.3, 0.4) is 0 Å². The fourth-order valence-electron chi connectivity index (χ4n) is 5.57. The van der Waals surface area contributed by atoms with Crippen LogP contribution in [0.2, 0.25) is 0 Å². The zero-order chi connectivity index (χ0) is 33.0. The zero-order valence-electron chi connectivity index (χ0n) is 28.1. The largest absolute Gasteiger partial charge is 0.495 e. The van der Waals surface area contributed by atoms with Gasteiger partial charge in [-0.15, -0.1) is 0 Å². The number of esters is 1. The predicted molar refractivity (Wildman–Crippen MR) is 174 cm³/mol. The van der Waals surface area contributed by atoms with Crippen molar-refractivity contribution in [2.24, 2.45) is 5.92 Å². The van der Waals surface area contributed by atoms with E-state index in [9.17, 15) is 9.59 Å². The van der Waals surface area contributed by atoms with Crippen LogP contribution >= 0.6 is 0 Å². The van der Waals surface area contributed by atoms with Crippen LogP contribution in [0.5, 0.6) is 5.75 Å². The zero-order valence-corrected chi connectivity index (χ0v) is 28.1. The summed E-state index contributed by atoms with van der Waals surface area (Å²) in [6.45, 7) is 21.1. The van der Waals surface area contributed by atoms with Gasteiger partial charge in [0.25, 0.3) is 5.91 Å². The topological polar surface area (TPSA) is 108 Å². The maximum atomic E-state index is 13.4. The molecule has 0 radical (unpaired) electrons. The number of carbonyl (C=O) groups excluding carboxylic acids is 4. The fourth-order valence-corrected chi connectivity index (χ4v) is 5.57. The van der Waals surface area contributed by atoms with Gasteiger partial charge in [0, 0.05) is 37.7 Å². The smallest absolute Gasteiger partial charge is 0.306 e. The van der Waals surface area contributed by atoms with Crippen molar-refractivity contribution in [1.82, 2.24) is 15.1 Å². The summed E-state index contributed by atoms with van der Waals surface area (Å²) in [5.41, 5.74) is 1.25. The molecule has 0 atom stereocenters. The van der Waals surface area contributed by atoms with Crippen molar-refractivity contribution in [2.45, 2.75) is 91.7 Å². The number of rotatable bonds is 10. The first-order valence-electron chi connectivity index (χ1n) is 15.6. The van der Waals surface area contributed by atoms with Crippen molar-refractivity contribution in [3.63, 3.8) is 0 Å². The highest BCUT2D eigenvalue weighted by molar-refractivity contribution is 5.95. The molecule has 43 heavy (non-hydrogen) atoms. The van der Waals surface area contributed by atoms with Crippen LogP contribution in [0.25, 0.3) is 0 Å². The van der Waals surface area contributed by atoms with Gasteiger partial charge in [0.05, 0.1) is 19.5 Å². The second-order valence-electron chi connectivity index (χ2n) is 11.5. The molecule has 0 bridgehead atoms. The van der Waals surface area contributed by atoms with Gasteiger partial charge in [-0.2, -0.15) is 0 Å². The molecule has 1 amide bonds. The Labute approximate surface area is 260 Å². The van der Waals surface area contributed by atoms with E-state index in [4.69, 9.17) is 19.1 Å². The predicted octanol–water partition coefficient (Wildman–Crippen LogP) is 4.79. The maximum absolute atomic E-state index is 13.4. The van der Waals surface area contributed by atoms with Crippen LogP contribution < -0.4 is 15.0 Å². The Kier molecular flexibility index (Phi) is 20.2. The summed E-state index contributed by atoms with van der Waals surface area (Å²) in [5, 5.41) is 3.22. The quantitative estimate of drug-likeness (QED) is 0.297. The highest BCUT2D eigenvalue weighted by Crippen LogP contribution is 2.31. The highest BCUT2D eigenvalue weighted by atomic mass is 16.6. The molecule has 0 aliphatic carbocycles. The van der Waals surface area contributed by atoms with Gasteiger partial charge >= 0.3 is 5.97 Å². The van der Waals surface area contributed by atoms with Crippen molar-refractivity contribution in [1.29, 1.82) is 0 Å². The molecule has 0 unspecified atom stereocenters. The molecule has 2 aliphatic heterocycles. The number of carbonyl (C=O) groups is 4. The van der Waals surface area contributed by atoms with Crippen molar-refractivity contribution < 1.29 is 28.7 Å². The van der Waals surface area contributed by atoms with Gasteiger partial charge in [0.15, 0.2) is 0 Å². The summed E-state index contributed by atoms with van der Waals surface area (Å²) in [6, 6.07) is 6.29. The Morgan fingerprint density at radius 3 is 2.07 bits per heavy atom. The molecular weight excluding hydrogens is 548 g/mol. The minimum atomic E-state index is -0.418. The molecular formula is C33H58N4O6. The molecule has 2 heterocycles.